The lowest BCUT2D eigenvalue weighted by atomic mass is 9.78. The van der Waals surface area contributed by atoms with Crippen molar-refractivity contribution in [3.8, 4) is 5.75 Å². The minimum absolute atomic E-state index is 0.142. The van der Waals surface area contributed by atoms with Crippen LogP contribution in [0.1, 0.15) is 59.3 Å². The zero-order valence-electron chi connectivity index (χ0n) is 14.5. The molecule has 3 unspecified atom stereocenters. The van der Waals surface area contributed by atoms with Gasteiger partial charge in [-0.2, -0.15) is 0 Å². The summed E-state index contributed by atoms with van der Waals surface area (Å²) in [5.74, 6) is 2.05. The van der Waals surface area contributed by atoms with Crippen molar-refractivity contribution >= 4 is 0 Å². The van der Waals surface area contributed by atoms with Gasteiger partial charge >= 0.3 is 0 Å². The molecule has 3 atom stereocenters. The fourth-order valence-corrected chi connectivity index (χ4v) is 3.70. The van der Waals surface area contributed by atoms with Gasteiger partial charge < -0.3 is 4.74 Å². The van der Waals surface area contributed by atoms with Gasteiger partial charge in [-0.15, -0.1) is 0 Å². The molecule has 0 aliphatic carbocycles. The zero-order valence-corrected chi connectivity index (χ0v) is 14.5. The number of fused-ring (bicyclic) bond motifs is 1. The number of hydrogen-bond donors (Lipinski definition) is 0. The van der Waals surface area contributed by atoms with Gasteiger partial charge in [0.25, 0.3) is 0 Å². The Hall–Kier alpha value is -1.76. The molecule has 1 aliphatic heterocycles. The molecule has 116 valence electrons. The molecular weight excluding hydrogens is 268 g/mol. The van der Waals surface area contributed by atoms with E-state index in [1.165, 1.54) is 33.4 Å². The van der Waals surface area contributed by atoms with E-state index < -0.39 is 0 Å². The molecule has 2 aromatic rings. The Morgan fingerprint density at radius 3 is 2.23 bits per heavy atom. The van der Waals surface area contributed by atoms with E-state index >= 15 is 0 Å². The van der Waals surface area contributed by atoms with E-state index in [-0.39, 0.29) is 6.10 Å². The van der Waals surface area contributed by atoms with Crippen molar-refractivity contribution < 1.29 is 4.74 Å². The van der Waals surface area contributed by atoms with Gasteiger partial charge in [-0.05, 0) is 67.5 Å². The Kier molecular flexibility index (Phi) is 3.76. The molecule has 0 N–H and O–H groups in total. The summed E-state index contributed by atoms with van der Waals surface area (Å²) in [5.41, 5.74) is 8.00. The maximum atomic E-state index is 6.46. The van der Waals surface area contributed by atoms with Crippen LogP contribution in [0.2, 0.25) is 0 Å². The minimum atomic E-state index is 0.142. The van der Waals surface area contributed by atoms with Crippen LogP contribution >= 0.6 is 0 Å². The predicted molar refractivity (Wildman–Crippen MR) is 92.8 cm³/mol. The largest absolute Gasteiger partial charge is 0.485 e. The second kappa shape index (κ2) is 5.46. The van der Waals surface area contributed by atoms with Gasteiger partial charge in [-0.25, -0.2) is 0 Å². The summed E-state index contributed by atoms with van der Waals surface area (Å²) >= 11 is 0. The summed E-state index contributed by atoms with van der Waals surface area (Å²) in [6.45, 7) is 13.3. The van der Waals surface area contributed by atoms with Crippen molar-refractivity contribution in [1.82, 2.24) is 0 Å². The van der Waals surface area contributed by atoms with Crippen LogP contribution in [0.4, 0.5) is 0 Å². The standard InChI is InChI=1S/C21H26O/c1-12-9-15(4)20-16(5)17(6)21(22-19(20)10-12)18-8-7-13(2)14(3)11-18/h7-11,16-17,21H,1-6H3. The lowest BCUT2D eigenvalue weighted by Crippen LogP contribution is -2.27. The smallest absolute Gasteiger partial charge is 0.127 e. The second-order valence-electron chi connectivity index (χ2n) is 7.02. The molecule has 1 heteroatoms. The third kappa shape index (κ3) is 2.43. The highest BCUT2D eigenvalue weighted by Gasteiger charge is 2.34. The summed E-state index contributed by atoms with van der Waals surface area (Å²) in [6.07, 6.45) is 0.142. The monoisotopic (exact) mass is 294 g/mol. The van der Waals surface area contributed by atoms with Crippen molar-refractivity contribution in [1.29, 1.82) is 0 Å². The molecule has 0 aromatic heterocycles. The van der Waals surface area contributed by atoms with Gasteiger partial charge in [0.15, 0.2) is 0 Å². The van der Waals surface area contributed by atoms with E-state index in [4.69, 9.17) is 4.74 Å². The first-order chi connectivity index (χ1) is 10.4. The predicted octanol–water partition coefficient (Wildman–Crippen LogP) is 5.79. The van der Waals surface area contributed by atoms with Gasteiger partial charge in [0.2, 0.25) is 0 Å². The van der Waals surface area contributed by atoms with E-state index in [2.05, 4.69) is 71.9 Å². The van der Waals surface area contributed by atoms with Crippen LogP contribution in [0.15, 0.2) is 30.3 Å². The van der Waals surface area contributed by atoms with Crippen molar-refractivity contribution in [2.75, 3.05) is 0 Å². The number of ether oxygens (including phenoxy) is 1. The topological polar surface area (TPSA) is 9.23 Å². The molecule has 1 aliphatic rings. The van der Waals surface area contributed by atoms with Crippen LogP contribution in [0, 0.1) is 33.6 Å². The summed E-state index contributed by atoms with van der Waals surface area (Å²) in [6, 6.07) is 11.2. The lowest BCUT2D eigenvalue weighted by Gasteiger charge is -2.38. The molecule has 0 saturated heterocycles. The molecule has 0 radical (unpaired) electrons. The summed E-state index contributed by atoms with van der Waals surface area (Å²) in [4.78, 5) is 0. The minimum Gasteiger partial charge on any atom is -0.485 e. The van der Waals surface area contributed by atoms with Crippen molar-refractivity contribution in [2.45, 2.75) is 53.6 Å². The molecule has 0 amide bonds. The van der Waals surface area contributed by atoms with Gasteiger partial charge in [0, 0.05) is 11.5 Å². The molecule has 0 saturated carbocycles. The number of benzene rings is 2. The molecule has 1 heterocycles. The van der Waals surface area contributed by atoms with E-state index in [1.807, 2.05) is 0 Å². The average Bonchev–Trinajstić information content (AvgIpc) is 2.45. The Bertz CT molecular complexity index is 714. The van der Waals surface area contributed by atoms with Crippen LogP contribution < -0.4 is 4.74 Å². The Morgan fingerprint density at radius 2 is 1.55 bits per heavy atom. The normalized spacial score (nSPS) is 23.8. The second-order valence-corrected chi connectivity index (χ2v) is 7.02. The van der Waals surface area contributed by atoms with Crippen molar-refractivity contribution in [3.63, 3.8) is 0 Å². The molecular formula is C21H26O. The van der Waals surface area contributed by atoms with Crippen molar-refractivity contribution in [3.05, 3.63) is 63.7 Å². The maximum Gasteiger partial charge on any atom is 0.127 e. The molecule has 1 nitrogen and oxygen atoms in total. The average molecular weight is 294 g/mol. The number of rotatable bonds is 1. The highest BCUT2D eigenvalue weighted by Crippen LogP contribution is 2.47. The first-order valence-electron chi connectivity index (χ1n) is 8.23. The highest BCUT2D eigenvalue weighted by atomic mass is 16.5. The van der Waals surface area contributed by atoms with Crippen LogP contribution in [0.5, 0.6) is 5.75 Å². The van der Waals surface area contributed by atoms with Crippen molar-refractivity contribution in [2.24, 2.45) is 5.92 Å². The van der Waals surface area contributed by atoms with Gasteiger partial charge in [-0.3, -0.25) is 0 Å². The quantitative estimate of drug-likeness (QED) is 0.646. The van der Waals surface area contributed by atoms with E-state index in [0.717, 1.165) is 5.75 Å². The SMILES string of the molecule is Cc1cc(C)c2c(c1)OC(c1ccc(C)c(C)c1)C(C)C2C. The number of aryl methyl sites for hydroxylation is 4. The number of hydrogen-bond acceptors (Lipinski definition) is 1. The van der Waals surface area contributed by atoms with E-state index in [0.29, 0.717) is 11.8 Å². The van der Waals surface area contributed by atoms with Crippen LogP contribution in [-0.2, 0) is 0 Å². The Balaban J connectivity index is 2.06. The fraction of sp³-hybridized carbons (Fsp3) is 0.429. The first kappa shape index (κ1) is 15.1. The molecule has 0 spiro atoms. The molecule has 0 fully saturated rings. The van der Waals surface area contributed by atoms with E-state index in [9.17, 15) is 0 Å². The van der Waals surface area contributed by atoms with Gasteiger partial charge in [0.05, 0.1) is 0 Å². The highest BCUT2D eigenvalue weighted by molar-refractivity contribution is 5.48. The Labute approximate surface area is 134 Å². The molecule has 22 heavy (non-hydrogen) atoms. The fourth-order valence-electron chi connectivity index (χ4n) is 3.70. The van der Waals surface area contributed by atoms with Crippen LogP contribution in [0.3, 0.4) is 0 Å². The summed E-state index contributed by atoms with van der Waals surface area (Å²) in [5, 5.41) is 0. The van der Waals surface area contributed by atoms with Gasteiger partial charge in [0.1, 0.15) is 11.9 Å². The third-order valence-electron chi connectivity index (χ3n) is 5.33. The maximum absolute atomic E-state index is 6.46. The molecule has 0 bridgehead atoms. The first-order valence-corrected chi connectivity index (χ1v) is 8.23. The molecule has 3 rings (SSSR count). The van der Waals surface area contributed by atoms with Crippen LogP contribution in [-0.4, -0.2) is 0 Å². The zero-order chi connectivity index (χ0) is 16.0. The molecule has 2 aromatic carbocycles. The van der Waals surface area contributed by atoms with Gasteiger partial charge in [-0.1, -0.05) is 38.1 Å². The third-order valence-corrected chi connectivity index (χ3v) is 5.33. The van der Waals surface area contributed by atoms with Crippen LogP contribution in [0.25, 0.3) is 0 Å². The Morgan fingerprint density at radius 1 is 0.818 bits per heavy atom. The lowest BCUT2D eigenvalue weighted by molar-refractivity contribution is 0.106. The van der Waals surface area contributed by atoms with E-state index in [1.54, 1.807) is 0 Å². The summed E-state index contributed by atoms with van der Waals surface area (Å²) in [7, 11) is 0. The summed E-state index contributed by atoms with van der Waals surface area (Å²) < 4.78 is 6.46.